The minimum absolute atomic E-state index is 0.0528. The molecule has 5 nitrogen and oxygen atoms in total. The van der Waals surface area contributed by atoms with Crippen LogP contribution in [0.3, 0.4) is 0 Å². The molecule has 0 unspecified atom stereocenters. The molecule has 3 rings (SSSR count). The number of nitrogens with one attached hydrogen (secondary N) is 2. The molecule has 0 atom stereocenters. The Balaban J connectivity index is 1.66. The average Bonchev–Trinajstić information content (AvgIpc) is 2.92. The van der Waals surface area contributed by atoms with Crippen molar-refractivity contribution in [3.8, 4) is 0 Å². The van der Waals surface area contributed by atoms with Gasteiger partial charge < -0.3 is 9.88 Å². The Bertz CT molecular complexity index is 525. The maximum absolute atomic E-state index is 12.1. The maximum atomic E-state index is 12.1. The molecule has 1 aliphatic heterocycles. The van der Waals surface area contributed by atoms with Crippen LogP contribution in [0.15, 0.2) is 17.5 Å². The van der Waals surface area contributed by atoms with Gasteiger partial charge >= 0.3 is 0 Å². The lowest BCUT2D eigenvalue weighted by molar-refractivity contribution is 0.0658. The fourth-order valence-electron chi connectivity index (χ4n) is 2.09. The average molecular weight is 264 g/mol. The smallest absolute Gasteiger partial charge is 0.282 e. The summed E-state index contributed by atoms with van der Waals surface area (Å²) in [6, 6.07) is 3.90. The van der Waals surface area contributed by atoms with E-state index in [0.29, 0.717) is 5.69 Å². The summed E-state index contributed by atoms with van der Waals surface area (Å²) in [5.74, 6) is -0.0528. The summed E-state index contributed by atoms with van der Waals surface area (Å²) < 4.78 is 1.12. The van der Waals surface area contributed by atoms with E-state index in [4.69, 9.17) is 0 Å². The Morgan fingerprint density at radius 1 is 1.39 bits per heavy atom. The van der Waals surface area contributed by atoms with Crippen molar-refractivity contribution in [2.75, 3.05) is 33.2 Å². The van der Waals surface area contributed by atoms with Gasteiger partial charge in [-0.05, 0) is 24.6 Å². The normalized spacial score (nSPS) is 18.3. The third kappa shape index (κ3) is 2.27. The number of amides is 1. The maximum Gasteiger partial charge on any atom is 0.282 e. The summed E-state index contributed by atoms with van der Waals surface area (Å²) in [6.07, 6.45) is 0. The number of hydrogen-bond donors (Lipinski definition) is 2. The van der Waals surface area contributed by atoms with Gasteiger partial charge in [0.1, 0.15) is 5.69 Å². The number of carbonyl (C=O) groups excluding carboxylic acids is 1. The number of likely N-dealkylation sites (N-methyl/N-ethyl adjacent to an activating group) is 1. The Hall–Kier alpha value is -1.37. The molecule has 0 aromatic carbocycles. The quantitative estimate of drug-likeness (QED) is 0.854. The molecule has 6 heteroatoms. The molecule has 1 fully saturated rings. The summed E-state index contributed by atoms with van der Waals surface area (Å²) in [6.45, 7) is 3.72. The van der Waals surface area contributed by atoms with Gasteiger partial charge in [-0.25, -0.2) is 5.01 Å². The topological polar surface area (TPSA) is 51.4 Å². The number of aromatic nitrogens is 1. The summed E-state index contributed by atoms with van der Waals surface area (Å²) in [5.41, 5.74) is 4.61. The lowest BCUT2D eigenvalue weighted by Crippen LogP contribution is -2.52. The summed E-state index contributed by atoms with van der Waals surface area (Å²) in [7, 11) is 2.10. The molecular weight excluding hydrogens is 248 g/mol. The van der Waals surface area contributed by atoms with E-state index in [1.807, 2.05) is 22.5 Å². The second kappa shape index (κ2) is 4.72. The van der Waals surface area contributed by atoms with E-state index in [0.717, 1.165) is 36.4 Å². The molecule has 3 heterocycles. The van der Waals surface area contributed by atoms with Crippen molar-refractivity contribution >= 4 is 27.5 Å². The third-order valence-corrected chi connectivity index (χ3v) is 4.11. The number of H-pyrrole nitrogens is 1. The van der Waals surface area contributed by atoms with E-state index in [-0.39, 0.29) is 5.91 Å². The number of hydrazine groups is 1. The Kier molecular flexibility index (Phi) is 3.07. The van der Waals surface area contributed by atoms with Crippen molar-refractivity contribution in [1.82, 2.24) is 20.3 Å². The highest BCUT2D eigenvalue weighted by molar-refractivity contribution is 7.17. The Morgan fingerprint density at radius 3 is 2.89 bits per heavy atom. The van der Waals surface area contributed by atoms with Crippen LogP contribution in [0.1, 0.15) is 10.5 Å². The first-order chi connectivity index (χ1) is 8.72. The molecule has 96 valence electrons. The zero-order valence-electron chi connectivity index (χ0n) is 10.3. The van der Waals surface area contributed by atoms with Crippen LogP contribution in [0.2, 0.25) is 0 Å². The standard InChI is InChI=1S/C12H16N4OS/c1-15-3-5-16(6-4-15)14-12(17)10-8-11-9(13-10)2-7-18-11/h2,7-8,13H,3-6H2,1H3,(H,14,17). The van der Waals surface area contributed by atoms with Crippen molar-refractivity contribution in [2.45, 2.75) is 0 Å². The molecule has 1 amide bonds. The van der Waals surface area contributed by atoms with Gasteiger partial charge in [0.2, 0.25) is 0 Å². The van der Waals surface area contributed by atoms with Crippen LogP contribution in [0.5, 0.6) is 0 Å². The van der Waals surface area contributed by atoms with E-state index in [1.54, 1.807) is 11.3 Å². The third-order valence-electron chi connectivity index (χ3n) is 3.25. The van der Waals surface area contributed by atoms with Crippen LogP contribution in [-0.2, 0) is 0 Å². The number of thiophene rings is 1. The van der Waals surface area contributed by atoms with Crippen LogP contribution in [0.4, 0.5) is 0 Å². The zero-order valence-corrected chi connectivity index (χ0v) is 11.1. The number of aromatic amines is 1. The minimum Gasteiger partial charge on any atom is -0.350 e. The first kappa shape index (κ1) is 11.7. The first-order valence-corrected chi connectivity index (χ1v) is 6.91. The van der Waals surface area contributed by atoms with Crippen LogP contribution < -0.4 is 5.43 Å². The highest BCUT2D eigenvalue weighted by Gasteiger charge is 2.17. The monoisotopic (exact) mass is 264 g/mol. The second-order valence-electron chi connectivity index (χ2n) is 4.61. The van der Waals surface area contributed by atoms with Crippen LogP contribution >= 0.6 is 11.3 Å². The minimum atomic E-state index is -0.0528. The fourth-order valence-corrected chi connectivity index (χ4v) is 2.88. The number of piperazine rings is 1. The van der Waals surface area contributed by atoms with E-state index < -0.39 is 0 Å². The summed E-state index contributed by atoms with van der Waals surface area (Å²) >= 11 is 1.64. The molecule has 0 bridgehead atoms. The van der Waals surface area contributed by atoms with Gasteiger partial charge in [0.05, 0.1) is 10.2 Å². The van der Waals surface area contributed by atoms with Crippen molar-refractivity contribution in [3.63, 3.8) is 0 Å². The molecular formula is C12H16N4OS. The molecule has 18 heavy (non-hydrogen) atoms. The molecule has 1 saturated heterocycles. The van der Waals surface area contributed by atoms with Crippen LogP contribution in [-0.4, -0.2) is 54.0 Å². The van der Waals surface area contributed by atoms with E-state index in [9.17, 15) is 4.79 Å². The molecule has 0 saturated carbocycles. The van der Waals surface area contributed by atoms with Gasteiger partial charge in [0.25, 0.3) is 5.91 Å². The Morgan fingerprint density at radius 2 is 2.17 bits per heavy atom. The Labute approximate surface area is 109 Å². The highest BCUT2D eigenvalue weighted by atomic mass is 32.1. The molecule has 2 N–H and O–H groups in total. The van der Waals surface area contributed by atoms with Gasteiger partial charge in [-0.15, -0.1) is 11.3 Å². The highest BCUT2D eigenvalue weighted by Crippen LogP contribution is 2.21. The van der Waals surface area contributed by atoms with Gasteiger partial charge in [-0.1, -0.05) is 0 Å². The SMILES string of the molecule is CN1CCN(NC(=O)c2cc3sccc3[nH]2)CC1. The lowest BCUT2D eigenvalue weighted by atomic mass is 10.4. The number of rotatable bonds is 2. The molecule has 1 aliphatic rings. The van der Waals surface area contributed by atoms with Crippen molar-refractivity contribution in [1.29, 1.82) is 0 Å². The number of hydrogen-bond acceptors (Lipinski definition) is 4. The number of fused-ring (bicyclic) bond motifs is 1. The predicted molar refractivity (Wildman–Crippen MR) is 72.7 cm³/mol. The van der Waals surface area contributed by atoms with Gasteiger partial charge in [0.15, 0.2) is 0 Å². The molecule has 0 radical (unpaired) electrons. The molecule has 2 aromatic rings. The van der Waals surface area contributed by atoms with Crippen LogP contribution in [0, 0.1) is 0 Å². The molecule has 0 spiro atoms. The van der Waals surface area contributed by atoms with Crippen LogP contribution in [0.25, 0.3) is 10.2 Å². The van der Waals surface area contributed by atoms with E-state index >= 15 is 0 Å². The predicted octanol–water partition coefficient (Wildman–Crippen LogP) is 1.12. The van der Waals surface area contributed by atoms with Crippen molar-refractivity contribution in [2.24, 2.45) is 0 Å². The van der Waals surface area contributed by atoms with Crippen molar-refractivity contribution < 1.29 is 4.79 Å². The fraction of sp³-hybridized carbons (Fsp3) is 0.417. The molecule has 2 aromatic heterocycles. The summed E-state index contributed by atoms with van der Waals surface area (Å²) in [5, 5.41) is 4.00. The zero-order chi connectivity index (χ0) is 12.5. The van der Waals surface area contributed by atoms with Gasteiger partial charge in [-0.2, -0.15) is 0 Å². The first-order valence-electron chi connectivity index (χ1n) is 6.03. The second-order valence-corrected chi connectivity index (χ2v) is 5.56. The number of nitrogens with zero attached hydrogens (tertiary/aromatic N) is 2. The lowest BCUT2D eigenvalue weighted by Gasteiger charge is -2.32. The van der Waals surface area contributed by atoms with Crippen molar-refractivity contribution in [3.05, 3.63) is 23.2 Å². The van der Waals surface area contributed by atoms with Gasteiger partial charge in [-0.3, -0.25) is 10.2 Å². The summed E-state index contributed by atoms with van der Waals surface area (Å²) in [4.78, 5) is 17.5. The van der Waals surface area contributed by atoms with Gasteiger partial charge in [0, 0.05) is 26.2 Å². The van der Waals surface area contributed by atoms with E-state index in [2.05, 4.69) is 22.4 Å². The molecule has 0 aliphatic carbocycles. The largest absolute Gasteiger partial charge is 0.350 e. The van der Waals surface area contributed by atoms with E-state index in [1.165, 1.54) is 0 Å². The number of carbonyl (C=O) groups is 1.